The summed E-state index contributed by atoms with van der Waals surface area (Å²) in [5.74, 6) is 1.85. The third-order valence-electron chi connectivity index (χ3n) is 3.33. The topological polar surface area (TPSA) is 73.1 Å². The molecule has 1 heterocycles. The molecule has 0 spiro atoms. The zero-order valence-electron chi connectivity index (χ0n) is 11.4. The van der Waals surface area contributed by atoms with Crippen LogP contribution in [0.1, 0.15) is 40.0 Å². The zero-order chi connectivity index (χ0) is 13.2. The molecule has 1 aliphatic carbocycles. The van der Waals surface area contributed by atoms with Crippen LogP contribution in [0.4, 0.5) is 11.5 Å². The predicted octanol–water partition coefficient (Wildman–Crippen LogP) is 2.45. The second-order valence-electron chi connectivity index (χ2n) is 5.41. The van der Waals surface area contributed by atoms with Gasteiger partial charge < -0.3 is 15.8 Å². The van der Waals surface area contributed by atoms with Crippen molar-refractivity contribution in [3.63, 3.8) is 0 Å². The number of nitrogen functional groups attached to an aromatic ring is 1. The van der Waals surface area contributed by atoms with Crippen LogP contribution < -0.4 is 15.8 Å². The Morgan fingerprint density at radius 1 is 1.44 bits per heavy atom. The van der Waals surface area contributed by atoms with Gasteiger partial charge in [-0.05, 0) is 39.0 Å². The van der Waals surface area contributed by atoms with E-state index in [0.717, 1.165) is 6.42 Å². The molecular weight excluding hydrogens is 228 g/mol. The molecule has 1 aliphatic rings. The van der Waals surface area contributed by atoms with Gasteiger partial charge in [0.25, 0.3) is 0 Å². The van der Waals surface area contributed by atoms with Gasteiger partial charge in [-0.1, -0.05) is 6.92 Å². The minimum Gasteiger partial charge on any atom is -0.476 e. The van der Waals surface area contributed by atoms with E-state index in [1.807, 2.05) is 6.92 Å². The summed E-state index contributed by atoms with van der Waals surface area (Å²) < 4.78 is 5.50. The summed E-state index contributed by atoms with van der Waals surface area (Å²) in [5.41, 5.74) is 6.56. The molecular formula is C13H22N4O. The molecule has 0 atom stereocenters. The molecule has 1 aromatic heterocycles. The second-order valence-corrected chi connectivity index (χ2v) is 5.41. The lowest BCUT2D eigenvalue weighted by Crippen LogP contribution is -2.34. The Labute approximate surface area is 108 Å². The fraction of sp³-hybridized carbons (Fsp3) is 0.692. The van der Waals surface area contributed by atoms with Crippen LogP contribution in [-0.4, -0.2) is 22.1 Å². The van der Waals surface area contributed by atoms with Crippen molar-refractivity contribution in [2.45, 2.75) is 45.6 Å². The van der Waals surface area contributed by atoms with Gasteiger partial charge >= 0.3 is 0 Å². The summed E-state index contributed by atoms with van der Waals surface area (Å²) in [7, 11) is 0. The molecule has 3 N–H and O–H groups in total. The number of ether oxygens (including phenoxy) is 1. The largest absolute Gasteiger partial charge is 0.476 e. The Bertz CT molecular complexity index is 415. The predicted molar refractivity (Wildman–Crippen MR) is 72.7 cm³/mol. The van der Waals surface area contributed by atoms with Gasteiger partial charge in [0.15, 0.2) is 5.82 Å². The standard InChI is InChI=1S/C13H22N4O/c1-4-7-18-12-10(14)11(15-8-16-12)17-13(2,3)9-5-6-9/h8-9H,4-7,14H2,1-3H3,(H,15,16,17). The molecule has 5 heteroatoms. The molecule has 2 rings (SSSR count). The molecule has 1 aromatic rings. The summed E-state index contributed by atoms with van der Waals surface area (Å²) in [6.07, 6.45) is 4.96. The monoisotopic (exact) mass is 250 g/mol. The van der Waals surface area contributed by atoms with Crippen LogP contribution >= 0.6 is 0 Å². The molecule has 0 unspecified atom stereocenters. The van der Waals surface area contributed by atoms with Gasteiger partial charge in [0, 0.05) is 5.54 Å². The number of rotatable bonds is 6. The van der Waals surface area contributed by atoms with E-state index in [-0.39, 0.29) is 5.54 Å². The molecule has 0 bridgehead atoms. The molecule has 5 nitrogen and oxygen atoms in total. The number of aromatic nitrogens is 2. The maximum absolute atomic E-state index is 6.04. The Balaban J connectivity index is 2.12. The Hall–Kier alpha value is -1.52. The van der Waals surface area contributed by atoms with Crippen LogP contribution in [-0.2, 0) is 0 Å². The number of hydrogen-bond acceptors (Lipinski definition) is 5. The zero-order valence-corrected chi connectivity index (χ0v) is 11.4. The van der Waals surface area contributed by atoms with Gasteiger partial charge in [0.05, 0.1) is 6.61 Å². The van der Waals surface area contributed by atoms with E-state index in [0.29, 0.717) is 29.9 Å². The van der Waals surface area contributed by atoms with Gasteiger partial charge in [-0.2, -0.15) is 4.98 Å². The lowest BCUT2D eigenvalue weighted by Gasteiger charge is -2.27. The maximum atomic E-state index is 6.04. The highest BCUT2D eigenvalue weighted by Gasteiger charge is 2.38. The van der Waals surface area contributed by atoms with Crippen molar-refractivity contribution in [2.75, 3.05) is 17.7 Å². The van der Waals surface area contributed by atoms with E-state index >= 15 is 0 Å². The van der Waals surface area contributed by atoms with Gasteiger partial charge in [0.1, 0.15) is 12.0 Å². The normalized spacial score (nSPS) is 15.5. The molecule has 1 saturated carbocycles. The summed E-state index contributed by atoms with van der Waals surface area (Å²) >= 11 is 0. The maximum Gasteiger partial charge on any atom is 0.242 e. The third-order valence-corrected chi connectivity index (χ3v) is 3.33. The summed E-state index contributed by atoms with van der Waals surface area (Å²) in [5, 5.41) is 3.41. The minimum absolute atomic E-state index is 0.0184. The van der Waals surface area contributed by atoms with Crippen molar-refractivity contribution < 1.29 is 4.74 Å². The molecule has 18 heavy (non-hydrogen) atoms. The number of nitrogens with two attached hydrogens (primary N) is 1. The van der Waals surface area contributed by atoms with Crippen molar-refractivity contribution in [1.82, 2.24) is 9.97 Å². The highest BCUT2D eigenvalue weighted by Crippen LogP contribution is 2.41. The fourth-order valence-corrected chi connectivity index (χ4v) is 2.01. The number of nitrogens with zero attached hydrogens (tertiary/aromatic N) is 2. The van der Waals surface area contributed by atoms with Crippen molar-refractivity contribution >= 4 is 11.5 Å². The summed E-state index contributed by atoms with van der Waals surface area (Å²) in [6.45, 7) is 7.02. The lowest BCUT2D eigenvalue weighted by atomic mass is 9.99. The smallest absolute Gasteiger partial charge is 0.242 e. The molecule has 0 aromatic carbocycles. The van der Waals surface area contributed by atoms with E-state index < -0.39 is 0 Å². The van der Waals surface area contributed by atoms with Crippen molar-refractivity contribution in [3.05, 3.63) is 6.33 Å². The van der Waals surface area contributed by atoms with E-state index in [2.05, 4.69) is 29.1 Å². The molecule has 0 radical (unpaired) electrons. The van der Waals surface area contributed by atoms with E-state index in [9.17, 15) is 0 Å². The molecule has 0 saturated heterocycles. The van der Waals surface area contributed by atoms with Crippen molar-refractivity contribution in [2.24, 2.45) is 5.92 Å². The molecule has 0 amide bonds. The van der Waals surface area contributed by atoms with Crippen LogP contribution in [0.2, 0.25) is 0 Å². The number of hydrogen-bond donors (Lipinski definition) is 2. The summed E-state index contributed by atoms with van der Waals surface area (Å²) in [6, 6.07) is 0. The molecule has 1 fully saturated rings. The Kier molecular flexibility index (Phi) is 3.59. The van der Waals surface area contributed by atoms with Gasteiger partial charge in [-0.25, -0.2) is 4.98 Å². The first-order valence-corrected chi connectivity index (χ1v) is 6.56. The first kappa shape index (κ1) is 12.9. The van der Waals surface area contributed by atoms with E-state index in [1.54, 1.807) is 0 Å². The fourth-order valence-electron chi connectivity index (χ4n) is 2.01. The first-order chi connectivity index (χ1) is 8.54. The second kappa shape index (κ2) is 5.00. The van der Waals surface area contributed by atoms with Crippen molar-refractivity contribution in [1.29, 1.82) is 0 Å². The Morgan fingerprint density at radius 3 is 2.78 bits per heavy atom. The highest BCUT2D eigenvalue weighted by atomic mass is 16.5. The van der Waals surface area contributed by atoms with Gasteiger partial charge in [-0.3, -0.25) is 0 Å². The van der Waals surface area contributed by atoms with E-state index in [1.165, 1.54) is 19.2 Å². The minimum atomic E-state index is 0.0184. The van der Waals surface area contributed by atoms with Gasteiger partial charge in [-0.15, -0.1) is 0 Å². The van der Waals surface area contributed by atoms with Crippen LogP contribution in [0.3, 0.4) is 0 Å². The van der Waals surface area contributed by atoms with Crippen LogP contribution in [0.15, 0.2) is 6.33 Å². The lowest BCUT2D eigenvalue weighted by molar-refractivity contribution is 0.306. The summed E-state index contributed by atoms with van der Waals surface area (Å²) in [4.78, 5) is 8.28. The molecule has 100 valence electrons. The molecule has 0 aliphatic heterocycles. The Morgan fingerprint density at radius 2 is 2.17 bits per heavy atom. The van der Waals surface area contributed by atoms with E-state index in [4.69, 9.17) is 10.5 Å². The average Bonchev–Trinajstić information content (AvgIpc) is 3.14. The average molecular weight is 250 g/mol. The van der Waals surface area contributed by atoms with Crippen molar-refractivity contribution in [3.8, 4) is 5.88 Å². The quantitative estimate of drug-likeness (QED) is 0.811. The highest BCUT2D eigenvalue weighted by molar-refractivity contribution is 5.67. The first-order valence-electron chi connectivity index (χ1n) is 6.56. The van der Waals surface area contributed by atoms with Crippen LogP contribution in [0.25, 0.3) is 0 Å². The third kappa shape index (κ3) is 2.83. The van der Waals surface area contributed by atoms with Crippen LogP contribution in [0, 0.1) is 5.92 Å². The van der Waals surface area contributed by atoms with Crippen LogP contribution in [0.5, 0.6) is 5.88 Å². The number of nitrogens with one attached hydrogen (secondary N) is 1. The number of anilines is 2. The van der Waals surface area contributed by atoms with Gasteiger partial charge in [0.2, 0.25) is 5.88 Å². The SMILES string of the molecule is CCCOc1ncnc(NC(C)(C)C2CC2)c1N.